The van der Waals surface area contributed by atoms with Crippen molar-refractivity contribution in [3.63, 3.8) is 0 Å². The quantitative estimate of drug-likeness (QED) is 0.212. The first-order valence-corrected chi connectivity index (χ1v) is 14.3. The normalized spacial score (nSPS) is 16.6. The van der Waals surface area contributed by atoms with Crippen LogP contribution in [0.15, 0.2) is 97.2 Å². The fraction of sp³-hybridized carbons (Fsp3) is 0.200. The number of benzene rings is 3. The number of para-hydroxylation sites is 2. The van der Waals surface area contributed by atoms with Crippen LogP contribution in [0.25, 0.3) is 5.69 Å². The maximum absolute atomic E-state index is 6.18. The molecule has 1 saturated heterocycles. The number of pyridine rings is 1. The van der Waals surface area contributed by atoms with E-state index in [2.05, 4.69) is 97.9 Å². The molecule has 1 N–H and O–H groups in total. The molecule has 5 aromatic rings. The third-order valence-electron chi connectivity index (χ3n) is 7.99. The molecule has 0 spiro atoms. The van der Waals surface area contributed by atoms with Crippen LogP contribution in [0, 0.1) is 34.6 Å². The number of hydrogen-bond acceptors (Lipinski definition) is 3. The second-order valence-electron chi connectivity index (χ2n) is 10.8. The number of aromatic nitrogens is 2. The van der Waals surface area contributed by atoms with Gasteiger partial charge in [-0.25, -0.2) is 0 Å². The third kappa shape index (κ3) is 4.89. The number of nitrogens with one attached hydrogen (secondary N) is 1. The minimum absolute atomic E-state index is 0.0928. The van der Waals surface area contributed by atoms with Crippen LogP contribution < -0.4 is 15.0 Å². The largest absolute Gasteiger partial charge is 0.457 e. The zero-order valence-electron chi connectivity index (χ0n) is 24.1. The number of anilines is 1. The van der Waals surface area contributed by atoms with Crippen molar-refractivity contribution < 1.29 is 4.74 Å². The van der Waals surface area contributed by atoms with Gasteiger partial charge in [0, 0.05) is 23.3 Å². The SMILES string of the molecule is Cc1ccccc1Oc1ccc(N2C(=S)N[C@H](c3ccccn3)[C@H]2c2cc(C)n(-c3c(C)cccc3C)c2C)cc1. The average Bonchev–Trinajstić information content (AvgIpc) is 3.46. The van der Waals surface area contributed by atoms with Gasteiger partial charge in [0.15, 0.2) is 5.11 Å². The van der Waals surface area contributed by atoms with E-state index >= 15 is 0 Å². The minimum atomic E-state index is -0.112. The van der Waals surface area contributed by atoms with E-state index in [0.29, 0.717) is 5.11 Å². The molecule has 6 heteroatoms. The Kier molecular flexibility index (Phi) is 7.10. The molecule has 2 aromatic heterocycles. The van der Waals surface area contributed by atoms with Crippen molar-refractivity contribution in [3.05, 3.63) is 137 Å². The van der Waals surface area contributed by atoms with Crippen molar-refractivity contribution in [1.29, 1.82) is 0 Å². The summed E-state index contributed by atoms with van der Waals surface area (Å²) in [7, 11) is 0. The Labute approximate surface area is 247 Å². The van der Waals surface area contributed by atoms with Crippen molar-refractivity contribution in [1.82, 2.24) is 14.9 Å². The van der Waals surface area contributed by atoms with Gasteiger partial charge in [0.2, 0.25) is 0 Å². The lowest BCUT2D eigenvalue weighted by atomic mass is 9.96. The van der Waals surface area contributed by atoms with Crippen molar-refractivity contribution in [3.8, 4) is 17.2 Å². The molecule has 0 aliphatic carbocycles. The summed E-state index contributed by atoms with van der Waals surface area (Å²) in [5.41, 5.74) is 10.4. The number of rotatable bonds is 6. The standard InChI is InChI=1S/C35H34N4OS/c1-22-11-6-7-15-31(22)40-28-18-16-27(17-19-28)39-34(32(37-35(39)41)30-14-8-9-20-36-30)29-21-25(4)38(26(29)5)33-23(2)12-10-13-24(33)3/h6-21,32,34H,1-5H3,(H,37,41)/t32-,34-/m1/s1. The topological polar surface area (TPSA) is 42.3 Å². The van der Waals surface area contributed by atoms with Gasteiger partial charge in [-0.15, -0.1) is 0 Å². The molecule has 5 nitrogen and oxygen atoms in total. The van der Waals surface area contributed by atoms with E-state index < -0.39 is 0 Å². The summed E-state index contributed by atoms with van der Waals surface area (Å²) in [6, 6.07) is 30.9. The van der Waals surface area contributed by atoms with Gasteiger partial charge in [-0.05, 0) is 118 Å². The summed E-state index contributed by atoms with van der Waals surface area (Å²) in [5, 5.41) is 4.28. The Morgan fingerprint density at radius 2 is 1.46 bits per heavy atom. The average molecular weight is 559 g/mol. The van der Waals surface area contributed by atoms with Crippen LogP contribution in [0.2, 0.25) is 0 Å². The molecule has 0 saturated carbocycles. The van der Waals surface area contributed by atoms with Gasteiger partial charge in [-0.1, -0.05) is 42.5 Å². The summed E-state index contributed by atoms with van der Waals surface area (Å²) in [6.45, 7) is 10.8. The highest BCUT2D eigenvalue weighted by atomic mass is 32.1. The van der Waals surface area contributed by atoms with Crippen molar-refractivity contribution in [2.75, 3.05) is 4.90 Å². The van der Waals surface area contributed by atoms with Gasteiger partial charge in [0.05, 0.1) is 23.5 Å². The first-order valence-electron chi connectivity index (χ1n) is 13.9. The molecular weight excluding hydrogens is 524 g/mol. The summed E-state index contributed by atoms with van der Waals surface area (Å²) in [6.07, 6.45) is 1.84. The van der Waals surface area contributed by atoms with E-state index in [9.17, 15) is 0 Å². The van der Waals surface area contributed by atoms with Gasteiger partial charge in [0.1, 0.15) is 11.5 Å². The molecule has 0 radical (unpaired) electrons. The number of hydrogen-bond donors (Lipinski definition) is 1. The minimum Gasteiger partial charge on any atom is -0.457 e. The monoisotopic (exact) mass is 558 g/mol. The lowest BCUT2D eigenvalue weighted by Gasteiger charge is -2.28. The zero-order valence-corrected chi connectivity index (χ0v) is 24.9. The lowest BCUT2D eigenvalue weighted by Crippen LogP contribution is -2.29. The van der Waals surface area contributed by atoms with Gasteiger partial charge in [0.25, 0.3) is 0 Å². The Morgan fingerprint density at radius 3 is 2.15 bits per heavy atom. The number of thiocarbonyl (C=S) groups is 1. The van der Waals surface area contributed by atoms with E-state index in [1.807, 2.05) is 48.7 Å². The molecule has 6 rings (SSSR count). The lowest BCUT2D eigenvalue weighted by molar-refractivity contribution is 0.479. The molecule has 2 atom stereocenters. The highest BCUT2D eigenvalue weighted by molar-refractivity contribution is 7.80. The molecular formula is C35H34N4OS. The molecule has 0 amide bonds. The third-order valence-corrected chi connectivity index (χ3v) is 8.30. The maximum atomic E-state index is 6.18. The summed E-state index contributed by atoms with van der Waals surface area (Å²) in [5.74, 6) is 1.64. The predicted molar refractivity (Wildman–Crippen MR) is 170 cm³/mol. The second kappa shape index (κ2) is 10.9. The molecule has 1 aliphatic rings. The molecule has 206 valence electrons. The molecule has 1 aliphatic heterocycles. The zero-order chi connectivity index (χ0) is 28.7. The van der Waals surface area contributed by atoms with E-state index in [1.165, 1.54) is 33.8 Å². The fourth-order valence-electron chi connectivity index (χ4n) is 6.01. The van der Waals surface area contributed by atoms with Gasteiger partial charge < -0.3 is 19.5 Å². The van der Waals surface area contributed by atoms with Crippen LogP contribution in [-0.4, -0.2) is 14.7 Å². The summed E-state index contributed by atoms with van der Waals surface area (Å²) < 4.78 is 8.57. The first kappa shape index (κ1) is 26.8. The predicted octanol–water partition coefficient (Wildman–Crippen LogP) is 8.38. The molecule has 0 unspecified atom stereocenters. The van der Waals surface area contributed by atoms with E-state index in [1.54, 1.807) is 0 Å². The van der Waals surface area contributed by atoms with Gasteiger partial charge in [-0.2, -0.15) is 0 Å². The molecule has 3 aromatic carbocycles. The van der Waals surface area contributed by atoms with Crippen LogP contribution in [0.3, 0.4) is 0 Å². The molecule has 0 bridgehead atoms. The Hall–Kier alpha value is -4.42. The van der Waals surface area contributed by atoms with Crippen molar-refractivity contribution in [2.24, 2.45) is 0 Å². The number of aryl methyl sites for hydroxylation is 4. The van der Waals surface area contributed by atoms with E-state index in [-0.39, 0.29) is 12.1 Å². The van der Waals surface area contributed by atoms with Crippen molar-refractivity contribution in [2.45, 2.75) is 46.7 Å². The van der Waals surface area contributed by atoms with E-state index in [4.69, 9.17) is 21.9 Å². The maximum Gasteiger partial charge on any atom is 0.174 e. The Morgan fingerprint density at radius 1 is 0.780 bits per heavy atom. The second-order valence-corrected chi connectivity index (χ2v) is 11.1. The molecule has 41 heavy (non-hydrogen) atoms. The van der Waals surface area contributed by atoms with Crippen LogP contribution in [-0.2, 0) is 0 Å². The van der Waals surface area contributed by atoms with Crippen LogP contribution >= 0.6 is 12.2 Å². The molecule has 3 heterocycles. The van der Waals surface area contributed by atoms with Crippen LogP contribution in [0.4, 0.5) is 5.69 Å². The smallest absolute Gasteiger partial charge is 0.174 e. The van der Waals surface area contributed by atoms with Crippen LogP contribution in [0.5, 0.6) is 11.5 Å². The Bertz CT molecular complexity index is 1710. The summed E-state index contributed by atoms with van der Waals surface area (Å²) >= 11 is 6.00. The number of ether oxygens (including phenoxy) is 1. The highest BCUT2D eigenvalue weighted by Crippen LogP contribution is 2.44. The van der Waals surface area contributed by atoms with E-state index in [0.717, 1.165) is 28.4 Å². The summed E-state index contributed by atoms with van der Waals surface area (Å²) in [4.78, 5) is 6.96. The van der Waals surface area contributed by atoms with Gasteiger partial charge in [-0.3, -0.25) is 4.98 Å². The van der Waals surface area contributed by atoms with Crippen LogP contribution in [0.1, 0.15) is 51.4 Å². The first-order chi connectivity index (χ1) is 19.8. The molecule has 1 fully saturated rings. The number of nitrogens with zero attached hydrogens (tertiary/aromatic N) is 3. The fourth-order valence-corrected chi connectivity index (χ4v) is 6.36. The van der Waals surface area contributed by atoms with Gasteiger partial charge >= 0.3 is 0 Å². The van der Waals surface area contributed by atoms with Crippen molar-refractivity contribution >= 4 is 23.0 Å². The Balaban J connectivity index is 1.44. The highest BCUT2D eigenvalue weighted by Gasteiger charge is 2.42.